The van der Waals surface area contributed by atoms with Crippen molar-refractivity contribution in [1.29, 1.82) is 0 Å². The van der Waals surface area contributed by atoms with Crippen LogP contribution < -0.4 is 5.32 Å². The lowest BCUT2D eigenvalue weighted by atomic mass is 10.0. The van der Waals surface area contributed by atoms with E-state index in [-0.39, 0.29) is 5.92 Å². The highest BCUT2D eigenvalue weighted by atomic mass is 35.5. The van der Waals surface area contributed by atoms with Crippen LogP contribution in [0.1, 0.15) is 26.0 Å². The van der Waals surface area contributed by atoms with E-state index in [2.05, 4.69) is 15.6 Å². The molecule has 0 unspecified atom stereocenters. The van der Waals surface area contributed by atoms with Gasteiger partial charge in [0.2, 0.25) is 0 Å². The largest absolute Gasteiger partial charge is 0.480 e. The summed E-state index contributed by atoms with van der Waals surface area (Å²) in [4.78, 5) is 11.2. The molecule has 1 aromatic carbocycles. The lowest BCUT2D eigenvalue weighted by Crippen LogP contribution is -2.37. The maximum atomic E-state index is 11.2. The van der Waals surface area contributed by atoms with Crippen LogP contribution in [0.5, 0.6) is 0 Å². The summed E-state index contributed by atoms with van der Waals surface area (Å²) >= 11 is 11.9. The minimum absolute atomic E-state index is 0.287. The van der Waals surface area contributed by atoms with Gasteiger partial charge < -0.3 is 5.11 Å². The molecule has 1 atom stereocenters. The Morgan fingerprint density at radius 2 is 2.09 bits per heavy atom. The summed E-state index contributed by atoms with van der Waals surface area (Å²) in [6.07, 6.45) is 2.27. The molecule has 0 aliphatic rings. The Bertz CT molecular complexity index is 688. The number of aliphatic carboxylic acids is 1. The van der Waals surface area contributed by atoms with E-state index in [0.717, 1.165) is 5.69 Å². The van der Waals surface area contributed by atoms with Crippen molar-refractivity contribution in [2.45, 2.75) is 32.9 Å². The molecule has 8 heteroatoms. The molecule has 124 valence electrons. The number of nitrogens with zero attached hydrogens (tertiary/aromatic N) is 3. The predicted molar refractivity (Wildman–Crippen MR) is 89.1 cm³/mol. The van der Waals surface area contributed by atoms with Crippen molar-refractivity contribution in [2.24, 2.45) is 5.92 Å². The molecule has 2 N–H and O–H groups in total. The zero-order chi connectivity index (χ0) is 17.0. The summed E-state index contributed by atoms with van der Waals surface area (Å²) in [5, 5.41) is 21.2. The van der Waals surface area contributed by atoms with Crippen LogP contribution in [0, 0.1) is 5.92 Å². The molecule has 0 bridgehead atoms. The van der Waals surface area contributed by atoms with E-state index in [1.165, 1.54) is 0 Å². The monoisotopic (exact) mass is 356 g/mol. The molecule has 1 heterocycles. The summed E-state index contributed by atoms with van der Waals surface area (Å²) in [5.41, 5.74) is 1.38. The van der Waals surface area contributed by atoms with Crippen molar-refractivity contribution in [3.8, 4) is 5.69 Å². The van der Waals surface area contributed by atoms with Gasteiger partial charge >= 0.3 is 5.97 Å². The summed E-state index contributed by atoms with van der Waals surface area (Å²) in [5.74, 6) is -0.578. The van der Waals surface area contributed by atoms with Crippen LogP contribution in [0.4, 0.5) is 0 Å². The second-order valence-electron chi connectivity index (χ2n) is 5.65. The first-order chi connectivity index (χ1) is 10.9. The molecule has 2 aromatic rings. The number of carbonyl (C=O) groups is 1. The Morgan fingerprint density at radius 3 is 2.70 bits per heavy atom. The molecule has 6 nitrogen and oxygen atoms in total. The molecule has 0 aliphatic heterocycles. The maximum Gasteiger partial charge on any atom is 0.320 e. The normalized spacial score (nSPS) is 12.6. The van der Waals surface area contributed by atoms with Gasteiger partial charge in [-0.2, -0.15) is 0 Å². The van der Waals surface area contributed by atoms with E-state index in [9.17, 15) is 9.90 Å². The van der Waals surface area contributed by atoms with Crippen molar-refractivity contribution in [1.82, 2.24) is 20.3 Å². The molecular weight excluding hydrogens is 339 g/mol. The van der Waals surface area contributed by atoms with Crippen LogP contribution in [-0.2, 0) is 11.3 Å². The predicted octanol–water partition coefficient (Wildman–Crippen LogP) is 3.16. The zero-order valence-corrected chi connectivity index (χ0v) is 14.3. The first-order valence-electron chi connectivity index (χ1n) is 7.19. The van der Waals surface area contributed by atoms with Crippen LogP contribution >= 0.6 is 23.2 Å². The Morgan fingerprint density at radius 1 is 1.35 bits per heavy atom. The van der Waals surface area contributed by atoms with Gasteiger partial charge in [-0.3, -0.25) is 10.1 Å². The number of nitrogens with one attached hydrogen (secondary N) is 1. The van der Waals surface area contributed by atoms with Crippen molar-refractivity contribution in [2.75, 3.05) is 0 Å². The third kappa shape index (κ3) is 4.92. The van der Waals surface area contributed by atoms with Gasteiger partial charge in [0.25, 0.3) is 0 Å². The number of rotatable bonds is 7. The summed E-state index contributed by atoms with van der Waals surface area (Å²) in [6.45, 7) is 4.29. The minimum Gasteiger partial charge on any atom is -0.480 e. The van der Waals surface area contributed by atoms with Crippen molar-refractivity contribution < 1.29 is 9.90 Å². The van der Waals surface area contributed by atoms with Crippen molar-refractivity contribution in [3.63, 3.8) is 0 Å². The fourth-order valence-corrected chi connectivity index (χ4v) is 2.40. The zero-order valence-electron chi connectivity index (χ0n) is 12.8. The van der Waals surface area contributed by atoms with Crippen LogP contribution in [0.3, 0.4) is 0 Å². The lowest BCUT2D eigenvalue weighted by Gasteiger charge is -2.15. The van der Waals surface area contributed by atoms with E-state index in [1.54, 1.807) is 29.1 Å². The molecule has 0 amide bonds. The highest BCUT2D eigenvalue weighted by Gasteiger charge is 2.18. The van der Waals surface area contributed by atoms with E-state index in [1.807, 2.05) is 13.8 Å². The molecule has 0 saturated carbocycles. The Labute approximate surface area is 144 Å². The van der Waals surface area contributed by atoms with Gasteiger partial charge in [0.15, 0.2) is 0 Å². The SMILES string of the molecule is CC(C)C[C@H](NCc1cn(-c2ccc(Cl)c(Cl)c2)nn1)C(=O)O. The van der Waals surface area contributed by atoms with Crippen LogP contribution in [0.25, 0.3) is 5.69 Å². The van der Waals surface area contributed by atoms with Crippen LogP contribution in [0.2, 0.25) is 10.0 Å². The molecule has 0 aliphatic carbocycles. The van der Waals surface area contributed by atoms with E-state index in [0.29, 0.717) is 28.7 Å². The van der Waals surface area contributed by atoms with Gasteiger partial charge in [0.1, 0.15) is 6.04 Å². The Hall–Kier alpha value is -1.63. The summed E-state index contributed by atoms with van der Waals surface area (Å²) in [7, 11) is 0. The molecule has 0 saturated heterocycles. The van der Waals surface area contributed by atoms with Gasteiger partial charge in [-0.25, -0.2) is 4.68 Å². The number of carboxylic acids is 1. The van der Waals surface area contributed by atoms with Crippen molar-refractivity contribution >= 4 is 29.2 Å². The standard InChI is InChI=1S/C15H18Cl2N4O2/c1-9(2)5-14(15(22)23)18-7-10-8-21(20-19-10)11-3-4-12(16)13(17)6-11/h3-4,6,8-9,14,18H,5,7H2,1-2H3,(H,22,23)/t14-/m0/s1. The number of halogens is 2. The highest BCUT2D eigenvalue weighted by molar-refractivity contribution is 6.42. The average molecular weight is 357 g/mol. The van der Waals surface area contributed by atoms with Crippen LogP contribution in [0.15, 0.2) is 24.4 Å². The fourth-order valence-electron chi connectivity index (χ4n) is 2.10. The smallest absolute Gasteiger partial charge is 0.320 e. The lowest BCUT2D eigenvalue weighted by molar-refractivity contribution is -0.140. The van der Waals surface area contributed by atoms with Gasteiger partial charge in [0.05, 0.1) is 27.6 Å². The number of aromatic nitrogens is 3. The molecule has 0 radical (unpaired) electrons. The molecule has 0 fully saturated rings. The average Bonchev–Trinajstić information content (AvgIpc) is 2.94. The van der Waals surface area contributed by atoms with Gasteiger partial charge in [-0.05, 0) is 30.5 Å². The topological polar surface area (TPSA) is 80.0 Å². The minimum atomic E-state index is -0.865. The number of hydrogen-bond acceptors (Lipinski definition) is 4. The second kappa shape index (κ2) is 7.77. The van der Waals surface area contributed by atoms with E-state index < -0.39 is 12.0 Å². The first-order valence-corrected chi connectivity index (χ1v) is 7.95. The number of benzene rings is 1. The molecule has 23 heavy (non-hydrogen) atoms. The summed E-state index contributed by atoms with van der Waals surface area (Å²) < 4.78 is 1.57. The fraction of sp³-hybridized carbons (Fsp3) is 0.400. The maximum absolute atomic E-state index is 11.2. The van der Waals surface area contributed by atoms with Gasteiger partial charge in [-0.15, -0.1) is 5.10 Å². The van der Waals surface area contributed by atoms with Crippen LogP contribution in [-0.4, -0.2) is 32.1 Å². The van der Waals surface area contributed by atoms with E-state index in [4.69, 9.17) is 23.2 Å². The second-order valence-corrected chi connectivity index (χ2v) is 6.47. The Balaban J connectivity index is 2.04. The quantitative estimate of drug-likeness (QED) is 0.796. The molecular formula is C15H18Cl2N4O2. The van der Waals surface area contributed by atoms with Gasteiger partial charge in [0, 0.05) is 6.54 Å². The molecule has 1 aromatic heterocycles. The first kappa shape index (κ1) is 17.7. The summed E-state index contributed by atoms with van der Waals surface area (Å²) in [6, 6.07) is 4.54. The Kier molecular flexibility index (Phi) is 5.98. The van der Waals surface area contributed by atoms with Crippen molar-refractivity contribution in [3.05, 3.63) is 40.1 Å². The van der Waals surface area contributed by atoms with E-state index >= 15 is 0 Å². The number of carboxylic acid groups (broad SMARTS) is 1. The highest BCUT2D eigenvalue weighted by Crippen LogP contribution is 2.24. The third-order valence-corrected chi connectivity index (χ3v) is 3.98. The molecule has 2 rings (SSSR count). The molecule has 0 spiro atoms. The van der Waals surface area contributed by atoms with Gasteiger partial charge in [-0.1, -0.05) is 42.3 Å². The third-order valence-electron chi connectivity index (χ3n) is 3.24. The number of hydrogen-bond donors (Lipinski definition) is 2.